The van der Waals surface area contributed by atoms with E-state index in [9.17, 15) is 20.1 Å². The van der Waals surface area contributed by atoms with Crippen LogP contribution in [0, 0.1) is 0 Å². The molecule has 0 aromatic heterocycles. The smallest absolute Gasteiger partial charge is 0.308 e. The largest absolute Gasteiger partial charge is 0.507 e. The van der Waals surface area contributed by atoms with Gasteiger partial charge in [-0.3, -0.25) is 4.79 Å². The first-order valence-corrected chi connectivity index (χ1v) is 8.68. The second kappa shape index (κ2) is 7.75. The fourth-order valence-electron chi connectivity index (χ4n) is 2.60. The Morgan fingerprint density at radius 2 is 1.64 bits per heavy atom. The van der Waals surface area contributed by atoms with Crippen molar-refractivity contribution in [1.82, 2.24) is 0 Å². The van der Waals surface area contributed by atoms with Gasteiger partial charge in [-0.15, -0.1) is 0 Å². The quantitative estimate of drug-likeness (QED) is 0.708. The normalized spacial score (nSPS) is 14.9. The third-order valence-electron chi connectivity index (χ3n) is 4.18. The average Bonchev–Trinajstić information content (AvgIpc) is 2.44. The third-order valence-corrected chi connectivity index (χ3v) is 4.18. The topological polar surface area (TPSA) is 87.0 Å². The van der Waals surface area contributed by atoms with Crippen molar-refractivity contribution in [2.75, 3.05) is 6.61 Å². The molecule has 5 nitrogen and oxygen atoms in total. The van der Waals surface area contributed by atoms with Gasteiger partial charge >= 0.3 is 5.97 Å². The summed E-state index contributed by atoms with van der Waals surface area (Å²) in [4.78, 5) is 11.6. The molecule has 1 rings (SSSR count). The van der Waals surface area contributed by atoms with E-state index < -0.39 is 18.2 Å². The Hall–Kier alpha value is -1.59. The Kier molecular flexibility index (Phi) is 6.65. The number of phenolic OH excluding ortho intramolecular Hbond substituents is 1. The summed E-state index contributed by atoms with van der Waals surface area (Å²) >= 11 is 0. The van der Waals surface area contributed by atoms with Gasteiger partial charge in [-0.1, -0.05) is 47.6 Å². The van der Waals surface area contributed by atoms with Gasteiger partial charge in [-0.2, -0.15) is 0 Å². The van der Waals surface area contributed by atoms with Gasteiger partial charge in [0, 0.05) is 5.56 Å². The molecule has 0 aliphatic carbocycles. The van der Waals surface area contributed by atoms with Crippen LogP contribution in [0.25, 0.3) is 0 Å². The predicted octanol–water partition coefficient (Wildman–Crippen LogP) is 3.33. The molecule has 0 fully saturated rings. The van der Waals surface area contributed by atoms with E-state index in [1.165, 1.54) is 0 Å². The van der Waals surface area contributed by atoms with E-state index in [0.717, 1.165) is 5.56 Å². The van der Waals surface area contributed by atoms with Gasteiger partial charge in [0.15, 0.2) is 0 Å². The lowest BCUT2D eigenvalue weighted by Gasteiger charge is -2.29. The van der Waals surface area contributed by atoms with Crippen LogP contribution in [-0.2, 0) is 20.4 Å². The van der Waals surface area contributed by atoms with Crippen LogP contribution < -0.4 is 0 Å². The van der Waals surface area contributed by atoms with Crippen molar-refractivity contribution in [2.24, 2.45) is 0 Å². The van der Waals surface area contributed by atoms with Crippen LogP contribution in [0.15, 0.2) is 12.1 Å². The fraction of sp³-hybridized carbons (Fsp3) is 0.650. The van der Waals surface area contributed by atoms with Crippen molar-refractivity contribution in [2.45, 2.75) is 77.9 Å². The minimum Gasteiger partial charge on any atom is -0.507 e. The summed E-state index contributed by atoms with van der Waals surface area (Å²) in [6.45, 7) is 13.9. The van der Waals surface area contributed by atoms with Gasteiger partial charge in [-0.05, 0) is 34.9 Å². The van der Waals surface area contributed by atoms with E-state index in [1.54, 1.807) is 13.0 Å². The number of rotatable bonds is 5. The molecular formula is C20H32O5. The molecule has 25 heavy (non-hydrogen) atoms. The van der Waals surface area contributed by atoms with Crippen LogP contribution in [0.4, 0.5) is 0 Å². The van der Waals surface area contributed by atoms with Crippen molar-refractivity contribution in [3.8, 4) is 5.75 Å². The van der Waals surface area contributed by atoms with Crippen LogP contribution in [0.3, 0.4) is 0 Å². The van der Waals surface area contributed by atoms with E-state index in [0.29, 0.717) is 5.56 Å². The number of esters is 1. The third kappa shape index (κ3) is 5.44. The van der Waals surface area contributed by atoms with Crippen molar-refractivity contribution in [1.29, 1.82) is 0 Å². The first-order chi connectivity index (χ1) is 11.3. The van der Waals surface area contributed by atoms with E-state index in [2.05, 4.69) is 0 Å². The van der Waals surface area contributed by atoms with Crippen LogP contribution in [0.5, 0.6) is 5.75 Å². The maximum absolute atomic E-state index is 11.6. The first kappa shape index (κ1) is 21.5. The molecule has 2 atom stereocenters. The monoisotopic (exact) mass is 352 g/mol. The number of aromatic hydroxyl groups is 1. The summed E-state index contributed by atoms with van der Waals surface area (Å²) in [6.07, 6.45) is -3.07. The fourth-order valence-corrected chi connectivity index (χ4v) is 2.60. The zero-order valence-electron chi connectivity index (χ0n) is 16.4. The van der Waals surface area contributed by atoms with Crippen molar-refractivity contribution in [3.05, 3.63) is 28.8 Å². The molecule has 1 aromatic rings. The van der Waals surface area contributed by atoms with Gasteiger partial charge in [0.2, 0.25) is 0 Å². The van der Waals surface area contributed by atoms with E-state index in [1.807, 2.05) is 47.6 Å². The molecule has 0 heterocycles. The molecule has 3 N–H and O–H groups in total. The number of carbonyl (C=O) groups excluding carboxylic acids is 1. The second-order valence-electron chi connectivity index (χ2n) is 8.48. The number of ether oxygens (including phenoxy) is 1. The van der Waals surface area contributed by atoms with E-state index in [4.69, 9.17) is 4.74 Å². The van der Waals surface area contributed by atoms with Gasteiger partial charge < -0.3 is 20.1 Å². The molecule has 1 aromatic carbocycles. The lowest BCUT2D eigenvalue weighted by atomic mass is 9.78. The molecule has 0 aliphatic heterocycles. The highest BCUT2D eigenvalue weighted by molar-refractivity contribution is 5.70. The Balaban J connectivity index is 3.35. The Morgan fingerprint density at radius 3 is 2.08 bits per heavy atom. The molecule has 142 valence electrons. The van der Waals surface area contributed by atoms with Crippen LogP contribution in [0.2, 0.25) is 0 Å². The molecule has 0 radical (unpaired) electrons. The number of benzene rings is 1. The highest BCUT2D eigenvalue weighted by Gasteiger charge is 2.30. The molecule has 0 aliphatic rings. The van der Waals surface area contributed by atoms with Gasteiger partial charge in [-0.25, -0.2) is 0 Å². The van der Waals surface area contributed by atoms with Crippen molar-refractivity contribution in [3.63, 3.8) is 0 Å². The zero-order chi connectivity index (χ0) is 19.6. The summed E-state index contributed by atoms with van der Waals surface area (Å²) in [6, 6.07) is 3.63. The Morgan fingerprint density at radius 1 is 1.08 bits per heavy atom. The Labute approximate surface area is 150 Å². The molecular weight excluding hydrogens is 320 g/mol. The molecule has 2 unspecified atom stereocenters. The van der Waals surface area contributed by atoms with Crippen molar-refractivity contribution < 1.29 is 24.9 Å². The Bertz CT molecular complexity index is 608. The summed E-state index contributed by atoms with van der Waals surface area (Å²) < 4.78 is 4.81. The summed E-state index contributed by atoms with van der Waals surface area (Å²) in [5.74, 6) is -0.632. The highest BCUT2D eigenvalue weighted by Crippen LogP contribution is 2.40. The number of hydrogen-bond acceptors (Lipinski definition) is 5. The number of hydrogen-bond donors (Lipinski definition) is 3. The summed E-state index contributed by atoms with van der Waals surface area (Å²) in [5.41, 5.74) is 1.32. The number of phenols is 1. The minimum atomic E-state index is -1.38. The van der Waals surface area contributed by atoms with Gasteiger partial charge in [0.1, 0.15) is 11.9 Å². The molecule has 0 saturated heterocycles. The first-order valence-electron chi connectivity index (χ1n) is 8.68. The van der Waals surface area contributed by atoms with E-state index >= 15 is 0 Å². The van der Waals surface area contributed by atoms with E-state index in [-0.39, 0.29) is 35.2 Å². The molecule has 0 saturated carbocycles. The second-order valence-corrected chi connectivity index (χ2v) is 8.48. The SMILES string of the molecule is CCOC(=O)CC(O)C(O)c1cc(C(C)(C)C)cc(C(C)(C)C)c1O. The number of aliphatic hydroxyl groups is 2. The van der Waals surface area contributed by atoms with Crippen LogP contribution in [-0.4, -0.2) is 34.0 Å². The van der Waals surface area contributed by atoms with Crippen LogP contribution >= 0.6 is 0 Å². The summed E-state index contributed by atoms with van der Waals surface area (Å²) in [7, 11) is 0. The number of carbonyl (C=O) groups is 1. The lowest BCUT2D eigenvalue weighted by Crippen LogP contribution is -2.25. The lowest BCUT2D eigenvalue weighted by molar-refractivity contribution is -0.147. The molecule has 0 amide bonds. The number of aliphatic hydroxyl groups excluding tert-OH is 2. The molecule has 0 spiro atoms. The van der Waals surface area contributed by atoms with Gasteiger partial charge in [0.25, 0.3) is 0 Å². The zero-order valence-corrected chi connectivity index (χ0v) is 16.4. The highest BCUT2D eigenvalue weighted by atomic mass is 16.5. The van der Waals surface area contributed by atoms with Crippen molar-refractivity contribution >= 4 is 5.97 Å². The standard InChI is InChI=1S/C20H32O5/c1-8-25-16(22)11-15(21)18(24)13-9-12(19(2,3)4)10-14(17(13)23)20(5,6)7/h9-10,15,18,21,23-24H,8,11H2,1-7H3. The molecule has 5 heteroatoms. The van der Waals surface area contributed by atoms with Crippen LogP contribution in [0.1, 0.15) is 77.7 Å². The maximum Gasteiger partial charge on any atom is 0.308 e. The predicted molar refractivity (Wildman–Crippen MR) is 97.7 cm³/mol. The average molecular weight is 352 g/mol. The minimum absolute atomic E-state index is 0.0455. The molecule has 0 bridgehead atoms. The maximum atomic E-state index is 11.6. The van der Waals surface area contributed by atoms with Gasteiger partial charge in [0.05, 0.1) is 19.1 Å². The summed E-state index contributed by atoms with van der Waals surface area (Å²) in [5, 5.41) is 31.5.